The predicted octanol–water partition coefficient (Wildman–Crippen LogP) is 1.75. The quantitative estimate of drug-likeness (QED) is 0.710. The van der Waals surface area contributed by atoms with Gasteiger partial charge in [0, 0.05) is 31.4 Å². The Labute approximate surface area is 120 Å². The van der Waals surface area contributed by atoms with Crippen LogP contribution in [0.3, 0.4) is 0 Å². The van der Waals surface area contributed by atoms with Crippen molar-refractivity contribution in [3.05, 3.63) is 29.8 Å². The lowest BCUT2D eigenvalue weighted by atomic mass is 10.2. The third kappa shape index (κ3) is 4.51. The van der Waals surface area contributed by atoms with Gasteiger partial charge in [0.15, 0.2) is 0 Å². The van der Waals surface area contributed by atoms with Crippen molar-refractivity contribution in [1.29, 1.82) is 0 Å². The molecule has 5 nitrogen and oxygen atoms in total. The van der Waals surface area contributed by atoms with Crippen LogP contribution in [0.1, 0.15) is 25.3 Å². The van der Waals surface area contributed by atoms with Gasteiger partial charge in [0.1, 0.15) is 0 Å². The molecule has 1 aromatic carbocycles. The molecule has 0 spiro atoms. The molecule has 1 aliphatic rings. The topological polar surface area (TPSA) is 70.4 Å². The maximum Gasteiger partial charge on any atom is 0.319 e. The second-order valence-corrected chi connectivity index (χ2v) is 5.14. The molecule has 0 atom stereocenters. The van der Waals surface area contributed by atoms with Gasteiger partial charge in [-0.05, 0) is 37.1 Å². The van der Waals surface area contributed by atoms with E-state index < -0.39 is 0 Å². The normalized spacial score (nSPS) is 14.3. The van der Waals surface area contributed by atoms with Gasteiger partial charge in [-0.1, -0.05) is 19.1 Å². The average Bonchev–Trinajstić information content (AvgIpc) is 3.29. The molecule has 0 aliphatic heterocycles. The van der Waals surface area contributed by atoms with E-state index in [1.807, 2.05) is 24.3 Å². The summed E-state index contributed by atoms with van der Waals surface area (Å²) in [5.74, 6) is 0. The number of amides is 2. The van der Waals surface area contributed by atoms with Crippen LogP contribution in [0.2, 0.25) is 0 Å². The van der Waals surface area contributed by atoms with Gasteiger partial charge >= 0.3 is 6.03 Å². The summed E-state index contributed by atoms with van der Waals surface area (Å²) >= 11 is 0. The minimum absolute atomic E-state index is 0.155. The van der Waals surface area contributed by atoms with Gasteiger partial charge in [0.05, 0.1) is 0 Å². The Morgan fingerprint density at radius 3 is 2.60 bits per heavy atom. The van der Waals surface area contributed by atoms with Crippen molar-refractivity contribution in [3.63, 3.8) is 0 Å². The number of anilines is 1. The zero-order valence-electron chi connectivity index (χ0n) is 12.1. The largest absolute Gasteiger partial charge is 0.337 e. The second-order valence-electron chi connectivity index (χ2n) is 5.14. The van der Waals surface area contributed by atoms with Gasteiger partial charge in [0.25, 0.3) is 0 Å². The summed E-state index contributed by atoms with van der Waals surface area (Å²) in [4.78, 5) is 14.2. The molecule has 0 bridgehead atoms. The first-order chi connectivity index (χ1) is 9.72. The summed E-state index contributed by atoms with van der Waals surface area (Å²) in [5.41, 5.74) is 7.37. The van der Waals surface area contributed by atoms with Crippen LogP contribution in [0.4, 0.5) is 10.5 Å². The molecule has 0 saturated heterocycles. The monoisotopic (exact) mass is 276 g/mol. The van der Waals surface area contributed by atoms with Crippen LogP contribution in [0.15, 0.2) is 24.3 Å². The van der Waals surface area contributed by atoms with Crippen LogP contribution in [-0.2, 0) is 6.54 Å². The van der Waals surface area contributed by atoms with E-state index in [0.717, 1.165) is 30.4 Å². The van der Waals surface area contributed by atoms with Crippen LogP contribution in [0.5, 0.6) is 0 Å². The van der Waals surface area contributed by atoms with E-state index in [2.05, 4.69) is 22.5 Å². The fourth-order valence-electron chi connectivity index (χ4n) is 2.25. The molecule has 5 heteroatoms. The first kappa shape index (κ1) is 14.8. The lowest BCUT2D eigenvalue weighted by molar-refractivity contribution is 0.245. The standard InChI is InChI=1S/C15H24N4O/c1-2-19(14-7-8-14)10-9-17-15(20)18-13-5-3-12(11-16)4-6-13/h3-6,14H,2,7-11,16H2,1H3,(H2,17,18,20). The van der Waals surface area contributed by atoms with Crippen LogP contribution in [-0.4, -0.2) is 36.6 Å². The predicted molar refractivity (Wildman–Crippen MR) is 81.6 cm³/mol. The van der Waals surface area contributed by atoms with Gasteiger partial charge in [-0.25, -0.2) is 4.79 Å². The minimum Gasteiger partial charge on any atom is -0.337 e. The van der Waals surface area contributed by atoms with Crippen molar-refractivity contribution < 1.29 is 4.79 Å². The van der Waals surface area contributed by atoms with Crippen molar-refractivity contribution in [2.24, 2.45) is 5.73 Å². The maximum atomic E-state index is 11.8. The molecule has 0 unspecified atom stereocenters. The molecule has 1 aliphatic carbocycles. The molecule has 1 fully saturated rings. The van der Waals surface area contributed by atoms with Gasteiger partial charge in [-0.2, -0.15) is 0 Å². The molecule has 1 saturated carbocycles. The van der Waals surface area contributed by atoms with Crippen molar-refractivity contribution in [2.45, 2.75) is 32.4 Å². The number of rotatable bonds is 7. The lowest BCUT2D eigenvalue weighted by Crippen LogP contribution is -2.37. The zero-order chi connectivity index (χ0) is 14.4. The van der Waals surface area contributed by atoms with E-state index in [4.69, 9.17) is 5.73 Å². The number of nitrogens with zero attached hydrogens (tertiary/aromatic N) is 1. The summed E-state index contributed by atoms with van der Waals surface area (Å²) in [6.07, 6.45) is 2.60. The molecule has 2 amide bonds. The molecular weight excluding hydrogens is 252 g/mol. The Bertz CT molecular complexity index is 428. The van der Waals surface area contributed by atoms with Crippen molar-refractivity contribution in [2.75, 3.05) is 25.0 Å². The highest BCUT2D eigenvalue weighted by Gasteiger charge is 2.27. The van der Waals surface area contributed by atoms with Crippen molar-refractivity contribution in [3.8, 4) is 0 Å². The molecule has 0 heterocycles. The number of likely N-dealkylation sites (N-methyl/N-ethyl adjacent to an activating group) is 1. The number of nitrogens with one attached hydrogen (secondary N) is 2. The number of benzene rings is 1. The highest BCUT2D eigenvalue weighted by molar-refractivity contribution is 5.89. The van der Waals surface area contributed by atoms with E-state index in [-0.39, 0.29) is 6.03 Å². The number of urea groups is 1. The molecule has 110 valence electrons. The van der Waals surface area contributed by atoms with Crippen LogP contribution >= 0.6 is 0 Å². The highest BCUT2D eigenvalue weighted by atomic mass is 16.2. The fraction of sp³-hybridized carbons (Fsp3) is 0.533. The molecule has 20 heavy (non-hydrogen) atoms. The molecule has 1 aromatic rings. The summed E-state index contributed by atoms with van der Waals surface area (Å²) in [5, 5.41) is 5.71. The summed E-state index contributed by atoms with van der Waals surface area (Å²) in [7, 11) is 0. The van der Waals surface area contributed by atoms with E-state index in [9.17, 15) is 4.79 Å². The third-order valence-corrected chi connectivity index (χ3v) is 3.60. The summed E-state index contributed by atoms with van der Waals surface area (Å²) in [6.45, 7) is 5.32. The fourth-order valence-corrected chi connectivity index (χ4v) is 2.25. The Morgan fingerprint density at radius 2 is 2.05 bits per heavy atom. The number of carbonyl (C=O) groups is 1. The minimum atomic E-state index is -0.155. The van der Waals surface area contributed by atoms with Crippen molar-refractivity contribution in [1.82, 2.24) is 10.2 Å². The third-order valence-electron chi connectivity index (χ3n) is 3.60. The van der Waals surface area contributed by atoms with E-state index >= 15 is 0 Å². The number of hydrogen-bond donors (Lipinski definition) is 3. The van der Waals surface area contributed by atoms with Crippen LogP contribution in [0, 0.1) is 0 Å². The Kier molecular flexibility index (Phi) is 5.38. The number of nitrogens with two attached hydrogens (primary N) is 1. The molecule has 0 radical (unpaired) electrons. The Hall–Kier alpha value is -1.59. The summed E-state index contributed by atoms with van der Waals surface area (Å²) < 4.78 is 0. The summed E-state index contributed by atoms with van der Waals surface area (Å²) in [6, 6.07) is 8.16. The Balaban J connectivity index is 1.68. The first-order valence-corrected chi connectivity index (χ1v) is 7.31. The van der Waals surface area contributed by atoms with Gasteiger partial charge < -0.3 is 16.4 Å². The van der Waals surface area contributed by atoms with Gasteiger partial charge in [-0.3, -0.25) is 4.90 Å². The van der Waals surface area contributed by atoms with E-state index in [1.165, 1.54) is 12.8 Å². The van der Waals surface area contributed by atoms with E-state index in [1.54, 1.807) is 0 Å². The average molecular weight is 276 g/mol. The zero-order valence-corrected chi connectivity index (χ0v) is 12.1. The molecule has 0 aromatic heterocycles. The SMILES string of the molecule is CCN(CCNC(=O)Nc1ccc(CN)cc1)C1CC1. The lowest BCUT2D eigenvalue weighted by Gasteiger charge is -2.19. The number of carbonyl (C=O) groups excluding carboxylic acids is 1. The van der Waals surface area contributed by atoms with Crippen molar-refractivity contribution >= 4 is 11.7 Å². The molecule has 2 rings (SSSR count). The maximum absolute atomic E-state index is 11.8. The molecular formula is C15H24N4O. The van der Waals surface area contributed by atoms with Crippen LogP contribution in [0.25, 0.3) is 0 Å². The number of hydrogen-bond acceptors (Lipinski definition) is 3. The molecule has 4 N–H and O–H groups in total. The second kappa shape index (κ2) is 7.26. The van der Waals surface area contributed by atoms with Crippen LogP contribution < -0.4 is 16.4 Å². The Morgan fingerprint density at radius 1 is 1.35 bits per heavy atom. The first-order valence-electron chi connectivity index (χ1n) is 7.31. The van der Waals surface area contributed by atoms with Gasteiger partial charge in [-0.15, -0.1) is 0 Å². The van der Waals surface area contributed by atoms with Gasteiger partial charge in [0.2, 0.25) is 0 Å². The van der Waals surface area contributed by atoms with E-state index in [0.29, 0.717) is 13.1 Å². The smallest absolute Gasteiger partial charge is 0.319 e. The highest BCUT2D eigenvalue weighted by Crippen LogP contribution is 2.25.